The zero-order chi connectivity index (χ0) is 48.5. The van der Waals surface area contributed by atoms with Crippen LogP contribution in [0.2, 0.25) is 0 Å². The van der Waals surface area contributed by atoms with Crippen LogP contribution in [0.1, 0.15) is 36.0 Å². The van der Waals surface area contributed by atoms with Crippen molar-refractivity contribution in [3.05, 3.63) is 241 Å². The summed E-state index contributed by atoms with van der Waals surface area (Å²) < 4.78 is 9.32. The number of fused-ring (bicyclic) bond motifs is 14. The molecule has 340 valence electrons. The molecule has 4 aromatic heterocycles. The van der Waals surface area contributed by atoms with E-state index in [2.05, 4.69) is 256 Å². The second-order valence-corrected chi connectivity index (χ2v) is 19.4. The highest BCUT2D eigenvalue weighted by molar-refractivity contribution is 6.27. The number of hydrogen-bond donors (Lipinski definition) is 0. The van der Waals surface area contributed by atoms with Gasteiger partial charge in [-0.1, -0.05) is 163 Å². The van der Waals surface area contributed by atoms with Crippen molar-refractivity contribution in [2.24, 2.45) is 0 Å². The molecule has 0 saturated heterocycles. The van der Waals surface area contributed by atoms with Crippen molar-refractivity contribution in [3.8, 4) is 34.9 Å². The molecule has 0 radical (unpaired) electrons. The van der Waals surface area contributed by atoms with Gasteiger partial charge < -0.3 is 18.3 Å². The van der Waals surface area contributed by atoms with E-state index < -0.39 is 0 Å². The van der Waals surface area contributed by atoms with Gasteiger partial charge in [0.2, 0.25) is 0 Å². The monoisotopic (exact) mass is 930 g/mol. The minimum atomic E-state index is -0.209. The van der Waals surface area contributed by atoms with Crippen molar-refractivity contribution in [1.82, 2.24) is 18.3 Å². The fourth-order valence-electron chi connectivity index (χ4n) is 12.6. The highest BCUT2D eigenvalue weighted by Crippen LogP contribution is 2.50. The van der Waals surface area contributed by atoms with Gasteiger partial charge in [-0.2, -0.15) is 10.5 Å². The summed E-state index contributed by atoms with van der Waals surface area (Å²) in [7, 11) is 0. The Morgan fingerprint density at radius 1 is 0.411 bits per heavy atom. The van der Waals surface area contributed by atoms with Crippen molar-refractivity contribution in [1.29, 1.82) is 10.5 Å². The predicted octanol–water partition coefficient (Wildman–Crippen LogP) is 17.0. The highest BCUT2D eigenvalue weighted by atomic mass is 15.1. The number of hydrogen-bond acceptors (Lipinski definition) is 2. The van der Waals surface area contributed by atoms with Gasteiger partial charge in [0.05, 0.1) is 61.2 Å². The van der Waals surface area contributed by atoms with Gasteiger partial charge in [-0.05, 0) is 84.8 Å². The van der Waals surface area contributed by atoms with Gasteiger partial charge in [0.15, 0.2) is 0 Å². The van der Waals surface area contributed by atoms with Crippen LogP contribution in [0, 0.1) is 22.7 Å². The summed E-state index contributed by atoms with van der Waals surface area (Å²) in [5.74, 6) is -0.209. The Morgan fingerprint density at radius 3 is 1.41 bits per heavy atom. The molecule has 10 aromatic carbocycles. The van der Waals surface area contributed by atoms with Crippen molar-refractivity contribution in [2.45, 2.75) is 19.3 Å². The molecule has 1 unspecified atom stereocenters. The van der Waals surface area contributed by atoms with E-state index in [-0.39, 0.29) is 5.92 Å². The van der Waals surface area contributed by atoms with Gasteiger partial charge in [0.25, 0.3) is 0 Å². The summed E-state index contributed by atoms with van der Waals surface area (Å²) in [5.41, 5.74) is 14.0. The van der Waals surface area contributed by atoms with Crippen molar-refractivity contribution < 1.29 is 0 Å². The molecule has 14 aromatic rings. The quantitative estimate of drug-likeness (QED) is 0.173. The number of para-hydroxylation sites is 6. The minimum Gasteiger partial charge on any atom is -0.309 e. The third-order valence-corrected chi connectivity index (χ3v) is 15.6. The van der Waals surface area contributed by atoms with Crippen LogP contribution < -0.4 is 0 Å². The molecule has 0 aliphatic heterocycles. The predicted molar refractivity (Wildman–Crippen MR) is 301 cm³/mol. The van der Waals surface area contributed by atoms with Gasteiger partial charge in [0, 0.05) is 60.3 Å². The molecule has 15 rings (SSSR count). The maximum Gasteiger partial charge on any atom is 0.104 e. The Morgan fingerprint density at radius 2 is 0.890 bits per heavy atom. The standard InChI is InChI=1S/C67H42N6/c1-41-31-33-42(34-32-41)62-66(71-55-26-12-7-21-46(55)47-22-8-13-27-56(47)71)53(39-68)64(54(40-69)67(62)72-57-28-14-9-23-48(57)49-24-10-15-29-58(49)72)73-61-38-44-18-6-5-17-43(44)37-52(61)50-35-36-60-63(65(50)73)51-25-11-16-30-59(51)70(60)45-19-3-2-4-20-45/h2-33,35-38,42H,34H2,1H3. The minimum absolute atomic E-state index is 0.209. The van der Waals surface area contributed by atoms with Crippen LogP contribution in [-0.4, -0.2) is 18.3 Å². The Bertz CT molecular complexity index is 4600. The first-order chi connectivity index (χ1) is 36.1. The summed E-state index contributed by atoms with van der Waals surface area (Å²) in [6.45, 7) is 2.14. The van der Waals surface area contributed by atoms with Crippen LogP contribution in [0.4, 0.5) is 0 Å². The number of nitrogens with zero attached hydrogens (tertiary/aromatic N) is 6. The summed E-state index contributed by atoms with van der Waals surface area (Å²) in [5, 5.41) is 35.8. The van der Waals surface area contributed by atoms with Gasteiger partial charge in [-0.25, -0.2) is 0 Å². The average molecular weight is 931 g/mol. The van der Waals surface area contributed by atoms with Gasteiger partial charge >= 0.3 is 0 Å². The number of allylic oxidation sites excluding steroid dienone is 4. The Labute approximate surface area is 419 Å². The van der Waals surface area contributed by atoms with E-state index in [1.54, 1.807) is 0 Å². The second kappa shape index (κ2) is 15.6. The smallest absolute Gasteiger partial charge is 0.104 e. The van der Waals surface area contributed by atoms with Gasteiger partial charge in [-0.15, -0.1) is 0 Å². The van der Waals surface area contributed by atoms with Gasteiger partial charge in [-0.3, -0.25) is 0 Å². The fraction of sp³-hybridized carbons (Fsp3) is 0.0448. The molecule has 0 N–H and O–H groups in total. The lowest BCUT2D eigenvalue weighted by molar-refractivity contribution is 0.822. The van der Waals surface area contributed by atoms with E-state index in [9.17, 15) is 10.5 Å². The SMILES string of the molecule is CC1=CCC(c2c(-n3c4ccccc4c4ccccc43)c(C#N)c(-n3c4cc5ccccc5cc4c4ccc5c(c6ccccc6n5-c5ccccc5)c43)c(C#N)c2-n2c3ccccc3c3ccccc32)C=C1. The summed E-state index contributed by atoms with van der Waals surface area (Å²) in [4.78, 5) is 0. The lowest BCUT2D eigenvalue weighted by atomic mass is 9.84. The molecule has 1 aliphatic carbocycles. The van der Waals surface area contributed by atoms with Gasteiger partial charge in [0.1, 0.15) is 23.3 Å². The molecule has 6 heteroatoms. The summed E-state index contributed by atoms with van der Waals surface area (Å²) >= 11 is 0. The highest BCUT2D eigenvalue weighted by Gasteiger charge is 2.35. The molecule has 0 amide bonds. The molecule has 0 fully saturated rings. The van der Waals surface area contributed by atoms with Crippen LogP contribution in [0.15, 0.2) is 224 Å². The van der Waals surface area contributed by atoms with Crippen LogP contribution in [-0.2, 0) is 0 Å². The number of rotatable bonds is 5. The first kappa shape index (κ1) is 41.0. The van der Waals surface area contributed by atoms with E-state index in [4.69, 9.17) is 0 Å². The molecule has 73 heavy (non-hydrogen) atoms. The molecule has 1 atom stereocenters. The zero-order valence-corrected chi connectivity index (χ0v) is 39.8. The fourth-order valence-corrected chi connectivity index (χ4v) is 12.6. The summed E-state index contributed by atoms with van der Waals surface area (Å²) in [6, 6.07) is 76.7. The lowest BCUT2D eigenvalue weighted by Gasteiger charge is -2.29. The lowest BCUT2D eigenvalue weighted by Crippen LogP contribution is -2.18. The van der Waals surface area contributed by atoms with Crippen molar-refractivity contribution >= 4 is 98.0 Å². The number of benzene rings is 10. The third kappa shape index (κ3) is 5.66. The van der Waals surface area contributed by atoms with Crippen molar-refractivity contribution in [3.63, 3.8) is 0 Å². The first-order valence-electron chi connectivity index (χ1n) is 24.9. The molecular weight excluding hydrogens is 889 g/mol. The second-order valence-electron chi connectivity index (χ2n) is 19.4. The Hall–Kier alpha value is -9.88. The first-order valence-corrected chi connectivity index (χ1v) is 24.9. The Balaban J connectivity index is 1.25. The average Bonchev–Trinajstić information content (AvgIpc) is 4.17. The maximum atomic E-state index is 12.5. The molecule has 0 spiro atoms. The van der Waals surface area contributed by atoms with Crippen LogP contribution in [0.5, 0.6) is 0 Å². The van der Waals surface area contributed by atoms with Crippen LogP contribution in [0.3, 0.4) is 0 Å². The zero-order valence-electron chi connectivity index (χ0n) is 39.8. The third-order valence-electron chi connectivity index (χ3n) is 15.6. The summed E-state index contributed by atoms with van der Waals surface area (Å²) in [6.07, 6.45) is 7.46. The molecule has 0 bridgehead atoms. The van der Waals surface area contributed by atoms with E-state index in [1.807, 2.05) is 0 Å². The Kier molecular flexibility index (Phi) is 8.73. The van der Waals surface area contributed by atoms with E-state index >= 15 is 0 Å². The largest absolute Gasteiger partial charge is 0.309 e. The van der Waals surface area contributed by atoms with E-state index in [0.717, 1.165) is 121 Å². The number of aromatic nitrogens is 4. The van der Waals surface area contributed by atoms with E-state index in [1.165, 1.54) is 5.57 Å². The molecule has 6 nitrogen and oxygen atoms in total. The number of nitriles is 2. The van der Waals surface area contributed by atoms with Crippen LogP contribution >= 0.6 is 0 Å². The van der Waals surface area contributed by atoms with Crippen LogP contribution in [0.25, 0.3) is 121 Å². The molecule has 0 saturated carbocycles. The molecule has 4 heterocycles. The van der Waals surface area contributed by atoms with Crippen molar-refractivity contribution in [2.75, 3.05) is 0 Å². The maximum absolute atomic E-state index is 12.5. The topological polar surface area (TPSA) is 67.3 Å². The normalized spacial score (nSPS) is 13.9. The molecule has 1 aliphatic rings. The van der Waals surface area contributed by atoms with E-state index in [0.29, 0.717) is 23.2 Å². The molecular formula is C67H42N6.